The van der Waals surface area contributed by atoms with Gasteiger partial charge in [-0.05, 0) is 28.8 Å². The molecule has 2 nitrogen and oxygen atoms in total. The van der Waals surface area contributed by atoms with Crippen LogP contribution >= 0.6 is 15.9 Å². The highest BCUT2D eigenvalue weighted by Crippen LogP contribution is 2.24. The van der Waals surface area contributed by atoms with E-state index in [0.29, 0.717) is 0 Å². The second-order valence-electron chi connectivity index (χ2n) is 4.01. The van der Waals surface area contributed by atoms with E-state index in [4.69, 9.17) is 5.26 Å². The Morgan fingerprint density at radius 3 is 2.00 bits per heavy atom. The molecule has 0 spiro atoms. The standard InChI is InChI=1S/C15H12BrNO/c16-14-7-5-12(6-8-14)11-1-3-13(4-2-11)15(18)9-10-17/h1-8,15,18H,9H2. The third-order valence-corrected chi connectivity index (χ3v) is 3.29. The van der Waals surface area contributed by atoms with Gasteiger partial charge in [0.1, 0.15) is 0 Å². The number of nitrogens with zero attached hydrogens (tertiary/aromatic N) is 1. The lowest BCUT2D eigenvalue weighted by molar-refractivity contribution is 0.183. The Hall–Kier alpha value is -1.63. The van der Waals surface area contributed by atoms with E-state index in [1.165, 1.54) is 0 Å². The highest BCUT2D eigenvalue weighted by Gasteiger charge is 2.06. The van der Waals surface area contributed by atoms with E-state index in [1.807, 2.05) is 54.6 Å². The molecule has 3 heteroatoms. The van der Waals surface area contributed by atoms with Gasteiger partial charge in [0.05, 0.1) is 18.6 Å². The van der Waals surface area contributed by atoms with Crippen molar-refractivity contribution in [2.24, 2.45) is 0 Å². The largest absolute Gasteiger partial charge is 0.387 e. The maximum absolute atomic E-state index is 9.69. The molecule has 2 rings (SSSR count). The Balaban J connectivity index is 2.22. The number of hydrogen-bond acceptors (Lipinski definition) is 2. The number of aliphatic hydroxyl groups excluding tert-OH is 1. The molecule has 1 atom stereocenters. The van der Waals surface area contributed by atoms with Gasteiger partial charge in [-0.15, -0.1) is 0 Å². The molecule has 0 saturated heterocycles. The van der Waals surface area contributed by atoms with Crippen LogP contribution in [-0.4, -0.2) is 5.11 Å². The Morgan fingerprint density at radius 2 is 1.50 bits per heavy atom. The van der Waals surface area contributed by atoms with Crippen molar-refractivity contribution in [3.63, 3.8) is 0 Å². The summed E-state index contributed by atoms with van der Waals surface area (Å²) in [6.45, 7) is 0. The Bertz CT molecular complexity index is 555. The van der Waals surface area contributed by atoms with Crippen molar-refractivity contribution in [3.05, 3.63) is 58.6 Å². The maximum Gasteiger partial charge on any atom is 0.0919 e. The van der Waals surface area contributed by atoms with Crippen LogP contribution in [0.1, 0.15) is 18.1 Å². The molecule has 90 valence electrons. The van der Waals surface area contributed by atoms with Crippen molar-refractivity contribution in [1.82, 2.24) is 0 Å². The van der Waals surface area contributed by atoms with Gasteiger partial charge in [0.15, 0.2) is 0 Å². The zero-order valence-electron chi connectivity index (χ0n) is 9.68. The van der Waals surface area contributed by atoms with Crippen molar-refractivity contribution in [3.8, 4) is 17.2 Å². The van der Waals surface area contributed by atoms with Gasteiger partial charge >= 0.3 is 0 Å². The molecule has 0 amide bonds. The first-order valence-electron chi connectivity index (χ1n) is 5.61. The van der Waals surface area contributed by atoms with E-state index in [0.717, 1.165) is 21.2 Å². The molecule has 0 radical (unpaired) electrons. The fourth-order valence-corrected chi connectivity index (χ4v) is 2.01. The zero-order valence-corrected chi connectivity index (χ0v) is 11.3. The average Bonchev–Trinajstić information content (AvgIpc) is 2.40. The van der Waals surface area contributed by atoms with E-state index in [9.17, 15) is 5.11 Å². The summed E-state index contributed by atoms with van der Waals surface area (Å²) in [4.78, 5) is 0. The van der Waals surface area contributed by atoms with Crippen molar-refractivity contribution in [2.75, 3.05) is 0 Å². The molecule has 2 aromatic carbocycles. The number of nitriles is 1. The molecule has 1 N–H and O–H groups in total. The fourth-order valence-electron chi connectivity index (χ4n) is 1.74. The number of benzene rings is 2. The quantitative estimate of drug-likeness (QED) is 0.929. The van der Waals surface area contributed by atoms with Crippen molar-refractivity contribution in [2.45, 2.75) is 12.5 Å². The Kier molecular flexibility index (Phi) is 4.14. The topological polar surface area (TPSA) is 44.0 Å². The number of hydrogen-bond donors (Lipinski definition) is 1. The highest BCUT2D eigenvalue weighted by molar-refractivity contribution is 9.10. The van der Waals surface area contributed by atoms with Crippen LogP contribution in [0.4, 0.5) is 0 Å². The van der Waals surface area contributed by atoms with Crippen LogP contribution in [0.15, 0.2) is 53.0 Å². The number of rotatable bonds is 3. The second-order valence-corrected chi connectivity index (χ2v) is 4.92. The normalized spacial score (nSPS) is 11.8. The van der Waals surface area contributed by atoms with Crippen LogP contribution in [0.2, 0.25) is 0 Å². The van der Waals surface area contributed by atoms with E-state index in [2.05, 4.69) is 15.9 Å². The average molecular weight is 302 g/mol. The van der Waals surface area contributed by atoms with E-state index < -0.39 is 6.10 Å². The van der Waals surface area contributed by atoms with Gasteiger partial charge in [-0.2, -0.15) is 5.26 Å². The Morgan fingerprint density at radius 1 is 1.00 bits per heavy atom. The first-order valence-corrected chi connectivity index (χ1v) is 6.41. The molecule has 1 unspecified atom stereocenters. The van der Waals surface area contributed by atoms with Gasteiger partial charge in [-0.25, -0.2) is 0 Å². The molecular weight excluding hydrogens is 290 g/mol. The highest BCUT2D eigenvalue weighted by atomic mass is 79.9. The van der Waals surface area contributed by atoms with Crippen molar-refractivity contribution < 1.29 is 5.11 Å². The predicted octanol–water partition coefficient (Wildman–Crippen LogP) is 4.06. The minimum absolute atomic E-state index is 0.123. The molecule has 0 aromatic heterocycles. The molecule has 0 fully saturated rings. The summed E-state index contributed by atoms with van der Waals surface area (Å²) in [5, 5.41) is 18.2. The van der Waals surface area contributed by atoms with Crippen LogP contribution in [0, 0.1) is 11.3 Å². The maximum atomic E-state index is 9.69. The molecule has 18 heavy (non-hydrogen) atoms. The first kappa shape index (κ1) is 12.8. The third-order valence-electron chi connectivity index (χ3n) is 2.76. The lowest BCUT2D eigenvalue weighted by Gasteiger charge is -2.08. The molecule has 2 aromatic rings. The summed E-state index contributed by atoms with van der Waals surface area (Å²) in [5.74, 6) is 0. The summed E-state index contributed by atoms with van der Waals surface area (Å²) in [6, 6.07) is 17.7. The van der Waals surface area contributed by atoms with Gasteiger partial charge in [-0.1, -0.05) is 52.3 Å². The smallest absolute Gasteiger partial charge is 0.0919 e. The lowest BCUT2D eigenvalue weighted by Crippen LogP contribution is -1.95. The van der Waals surface area contributed by atoms with Crippen LogP contribution in [0.25, 0.3) is 11.1 Å². The minimum Gasteiger partial charge on any atom is -0.387 e. The van der Waals surface area contributed by atoms with Crippen LogP contribution < -0.4 is 0 Å². The van der Waals surface area contributed by atoms with Crippen LogP contribution in [0.5, 0.6) is 0 Å². The summed E-state index contributed by atoms with van der Waals surface area (Å²) in [6.07, 6.45) is -0.577. The molecular formula is C15H12BrNO. The summed E-state index contributed by atoms with van der Waals surface area (Å²) < 4.78 is 1.05. The summed E-state index contributed by atoms with van der Waals surface area (Å²) >= 11 is 3.40. The van der Waals surface area contributed by atoms with Gasteiger partial charge in [0.2, 0.25) is 0 Å². The predicted molar refractivity (Wildman–Crippen MR) is 74.8 cm³/mol. The molecule has 0 aliphatic rings. The molecule has 0 saturated carbocycles. The van der Waals surface area contributed by atoms with Gasteiger partial charge in [-0.3, -0.25) is 0 Å². The number of halogens is 1. The number of aliphatic hydroxyl groups is 1. The van der Waals surface area contributed by atoms with Gasteiger partial charge in [0.25, 0.3) is 0 Å². The molecule has 0 heterocycles. The SMILES string of the molecule is N#CCC(O)c1ccc(-c2ccc(Br)cc2)cc1. The summed E-state index contributed by atoms with van der Waals surface area (Å²) in [5.41, 5.74) is 2.99. The minimum atomic E-state index is -0.700. The van der Waals surface area contributed by atoms with Gasteiger partial charge < -0.3 is 5.11 Å². The van der Waals surface area contributed by atoms with E-state index in [-0.39, 0.29) is 6.42 Å². The van der Waals surface area contributed by atoms with Crippen LogP contribution in [-0.2, 0) is 0 Å². The van der Waals surface area contributed by atoms with Crippen molar-refractivity contribution >= 4 is 15.9 Å². The second kappa shape index (κ2) is 5.81. The molecule has 0 aliphatic heterocycles. The monoisotopic (exact) mass is 301 g/mol. The summed E-state index contributed by atoms with van der Waals surface area (Å²) in [7, 11) is 0. The lowest BCUT2D eigenvalue weighted by atomic mass is 10.0. The zero-order chi connectivity index (χ0) is 13.0. The molecule has 0 bridgehead atoms. The van der Waals surface area contributed by atoms with E-state index in [1.54, 1.807) is 0 Å². The van der Waals surface area contributed by atoms with Crippen molar-refractivity contribution in [1.29, 1.82) is 5.26 Å². The first-order chi connectivity index (χ1) is 8.70. The fraction of sp³-hybridized carbons (Fsp3) is 0.133. The van der Waals surface area contributed by atoms with E-state index >= 15 is 0 Å². The molecule has 0 aliphatic carbocycles. The van der Waals surface area contributed by atoms with Crippen LogP contribution in [0.3, 0.4) is 0 Å². The third kappa shape index (κ3) is 2.98. The van der Waals surface area contributed by atoms with Gasteiger partial charge in [0, 0.05) is 4.47 Å². The Labute approximate surface area is 115 Å².